The van der Waals surface area contributed by atoms with Crippen LogP contribution in [0.15, 0.2) is 36.7 Å². The van der Waals surface area contributed by atoms with Gasteiger partial charge in [0.05, 0.1) is 6.10 Å². The highest BCUT2D eigenvalue weighted by atomic mass is 19.1. The maximum absolute atomic E-state index is 14.2. The van der Waals surface area contributed by atoms with E-state index in [-0.39, 0.29) is 17.7 Å². The lowest BCUT2D eigenvalue weighted by atomic mass is 10.0. The number of fused-ring (bicyclic) bond motifs is 1. The van der Waals surface area contributed by atoms with Crippen molar-refractivity contribution >= 4 is 5.65 Å². The molecule has 0 aliphatic heterocycles. The summed E-state index contributed by atoms with van der Waals surface area (Å²) in [5.74, 6) is -0.0515. The van der Waals surface area contributed by atoms with Crippen molar-refractivity contribution in [2.24, 2.45) is 0 Å². The fourth-order valence-corrected chi connectivity index (χ4v) is 2.56. The van der Waals surface area contributed by atoms with Crippen LogP contribution in [0.3, 0.4) is 0 Å². The summed E-state index contributed by atoms with van der Waals surface area (Å²) in [4.78, 5) is 4.35. The Morgan fingerprint density at radius 3 is 2.64 bits per heavy atom. The number of benzene rings is 1. The average Bonchev–Trinajstić information content (AvgIpc) is 2.80. The summed E-state index contributed by atoms with van der Waals surface area (Å²) < 4.78 is 21.7. The molecule has 0 radical (unpaired) electrons. The van der Waals surface area contributed by atoms with Gasteiger partial charge in [-0.2, -0.15) is 0 Å². The van der Waals surface area contributed by atoms with E-state index in [0.29, 0.717) is 0 Å². The fourth-order valence-electron chi connectivity index (χ4n) is 2.56. The van der Waals surface area contributed by atoms with E-state index in [1.54, 1.807) is 6.07 Å². The van der Waals surface area contributed by atoms with E-state index in [2.05, 4.69) is 4.98 Å². The number of pyridine rings is 1. The fraction of sp³-hybridized carbons (Fsp3) is 0.278. The Bertz CT molecular complexity index is 836. The standard InChI is InChI=1S/C18H19FN2O/c1-11(2)22-17-6-5-14(8-16(17)19)15-10-21-13(4)9-20-18(21)7-12(15)3/h5-11H,1-4H3. The summed E-state index contributed by atoms with van der Waals surface area (Å²) in [5, 5.41) is 0. The molecular weight excluding hydrogens is 279 g/mol. The number of rotatable bonds is 3. The van der Waals surface area contributed by atoms with E-state index >= 15 is 0 Å². The van der Waals surface area contributed by atoms with Gasteiger partial charge in [-0.3, -0.25) is 0 Å². The zero-order valence-corrected chi connectivity index (χ0v) is 13.2. The molecule has 22 heavy (non-hydrogen) atoms. The minimum atomic E-state index is -0.340. The second kappa shape index (κ2) is 5.44. The molecule has 0 bridgehead atoms. The van der Waals surface area contributed by atoms with E-state index in [9.17, 15) is 4.39 Å². The third-order valence-corrected chi connectivity index (χ3v) is 3.64. The zero-order valence-electron chi connectivity index (χ0n) is 13.2. The molecular formula is C18H19FN2O. The molecule has 0 unspecified atom stereocenters. The first kappa shape index (κ1) is 14.6. The molecule has 0 atom stereocenters. The van der Waals surface area contributed by atoms with Gasteiger partial charge < -0.3 is 9.14 Å². The molecule has 114 valence electrons. The van der Waals surface area contributed by atoms with Crippen LogP contribution >= 0.6 is 0 Å². The number of hydrogen-bond acceptors (Lipinski definition) is 2. The van der Waals surface area contributed by atoms with E-state index in [0.717, 1.165) is 28.0 Å². The molecule has 3 aromatic rings. The van der Waals surface area contributed by atoms with Crippen molar-refractivity contribution in [1.82, 2.24) is 9.38 Å². The second-order valence-corrected chi connectivity index (χ2v) is 5.81. The van der Waals surface area contributed by atoms with Crippen LogP contribution in [0.2, 0.25) is 0 Å². The highest BCUT2D eigenvalue weighted by Crippen LogP contribution is 2.29. The smallest absolute Gasteiger partial charge is 0.165 e. The monoisotopic (exact) mass is 298 g/mol. The molecule has 3 rings (SSSR count). The van der Waals surface area contributed by atoms with Gasteiger partial charge in [0.2, 0.25) is 0 Å². The lowest BCUT2D eigenvalue weighted by molar-refractivity contribution is 0.231. The van der Waals surface area contributed by atoms with Crippen molar-refractivity contribution in [1.29, 1.82) is 0 Å². The summed E-state index contributed by atoms with van der Waals surface area (Å²) in [7, 11) is 0. The Morgan fingerprint density at radius 1 is 1.18 bits per heavy atom. The Morgan fingerprint density at radius 2 is 1.95 bits per heavy atom. The number of nitrogens with zero attached hydrogens (tertiary/aromatic N) is 2. The van der Waals surface area contributed by atoms with Crippen LogP contribution in [0.5, 0.6) is 5.75 Å². The molecule has 0 saturated carbocycles. The van der Waals surface area contributed by atoms with Crippen molar-refractivity contribution in [3.63, 3.8) is 0 Å². The molecule has 2 heterocycles. The number of ether oxygens (including phenoxy) is 1. The highest BCUT2D eigenvalue weighted by molar-refractivity contribution is 5.69. The molecule has 4 heteroatoms. The topological polar surface area (TPSA) is 26.5 Å². The Balaban J connectivity index is 2.09. The van der Waals surface area contributed by atoms with Crippen LogP contribution in [0.4, 0.5) is 4.39 Å². The Hall–Kier alpha value is -2.36. The maximum Gasteiger partial charge on any atom is 0.165 e. The Labute approximate surface area is 129 Å². The van der Waals surface area contributed by atoms with Crippen LogP contribution in [-0.4, -0.2) is 15.5 Å². The van der Waals surface area contributed by atoms with Gasteiger partial charge in [-0.15, -0.1) is 0 Å². The summed E-state index contributed by atoms with van der Waals surface area (Å²) in [6, 6.07) is 7.12. The highest BCUT2D eigenvalue weighted by Gasteiger charge is 2.11. The van der Waals surface area contributed by atoms with Crippen LogP contribution < -0.4 is 4.74 Å². The number of aromatic nitrogens is 2. The van der Waals surface area contributed by atoms with Gasteiger partial charge in [-0.25, -0.2) is 9.37 Å². The summed E-state index contributed by atoms with van der Waals surface area (Å²) in [6.07, 6.45) is 3.79. The van der Waals surface area contributed by atoms with E-state index in [1.807, 2.05) is 56.6 Å². The predicted molar refractivity (Wildman–Crippen MR) is 85.8 cm³/mol. The van der Waals surface area contributed by atoms with Gasteiger partial charge in [-0.05, 0) is 57.0 Å². The van der Waals surface area contributed by atoms with Crippen LogP contribution in [-0.2, 0) is 0 Å². The van der Waals surface area contributed by atoms with E-state index < -0.39 is 0 Å². The third-order valence-electron chi connectivity index (χ3n) is 3.64. The predicted octanol–water partition coefficient (Wildman–Crippen LogP) is 4.54. The molecule has 0 fully saturated rings. The molecule has 2 aromatic heterocycles. The summed E-state index contributed by atoms with van der Waals surface area (Å²) in [5.41, 5.74) is 4.84. The maximum atomic E-state index is 14.2. The number of hydrogen-bond donors (Lipinski definition) is 0. The molecule has 0 spiro atoms. The number of aryl methyl sites for hydroxylation is 2. The minimum Gasteiger partial charge on any atom is -0.488 e. The van der Waals surface area contributed by atoms with Gasteiger partial charge in [0.25, 0.3) is 0 Å². The van der Waals surface area contributed by atoms with Crippen LogP contribution in [0.25, 0.3) is 16.8 Å². The summed E-state index contributed by atoms with van der Waals surface area (Å²) in [6.45, 7) is 7.77. The third kappa shape index (κ3) is 2.56. The summed E-state index contributed by atoms with van der Waals surface area (Å²) >= 11 is 0. The largest absolute Gasteiger partial charge is 0.488 e. The van der Waals surface area contributed by atoms with E-state index in [4.69, 9.17) is 4.74 Å². The lowest BCUT2D eigenvalue weighted by Gasteiger charge is -2.13. The molecule has 0 aliphatic carbocycles. The molecule has 0 N–H and O–H groups in total. The molecule has 0 saturated heterocycles. The van der Waals surface area contributed by atoms with Crippen molar-refractivity contribution in [2.75, 3.05) is 0 Å². The molecule has 3 nitrogen and oxygen atoms in total. The van der Waals surface area contributed by atoms with Crippen molar-refractivity contribution < 1.29 is 9.13 Å². The van der Waals surface area contributed by atoms with Gasteiger partial charge in [-0.1, -0.05) is 6.07 Å². The second-order valence-electron chi connectivity index (χ2n) is 5.81. The SMILES string of the molecule is Cc1cc2ncc(C)n2cc1-c1ccc(OC(C)C)c(F)c1. The zero-order chi connectivity index (χ0) is 15.9. The average molecular weight is 298 g/mol. The number of imidazole rings is 1. The van der Waals surface area contributed by atoms with Crippen molar-refractivity contribution in [3.05, 3.63) is 53.7 Å². The van der Waals surface area contributed by atoms with Gasteiger partial charge >= 0.3 is 0 Å². The van der Waals surface area contributed by atoms with Gasteiger partial charge in [0.1, 0.15) is 5.65 Å². The van der Waals surface area contributed by atoms with Crippen LogP contribution in [0.1, 0.15) is 25.1 Å². The Kier molecular flexibility index (Phi) is 3.61. The first-order chi connectivity index (χ1) is 10.5. The molecule has 0 amide bonds. The quantitative estimate of drug-likeness (QED) is 0.709. The van der Waals surface area contributed by atoms with E-state index in [1.165, 1.54) is 6.07 Å². The molecule has 1 aromatic carbocycles. The first-order valence-electron chi connectivity index (χ1n) is 7.36. The lowest BCUT2D eigenvalue weighted by Crippen LogP contribution is -2.06. The van der Waals surface area contributed by atoms with Gasteiger partial charge in [0.15, 0.2) is 11.6 Å². The first-order valence-corrected chi connectivity index (χ1v) is 7.36. The minimum absolute atomic E-state index is 0.0490. The normalized spacial score (nSPS) is 11.4. The van der Waals surface area contributed by atoms with Crippen molar-refractivity contribution in [3.8, 4) is 16.9 Å². The molecule has 0 aliphatic rings. The van der Waals surface area contributed by atoms with Gasteiger partial charge in [0, 0.05) is 23.7 Å². The van der Waals surface area contributed by atoms with Crippen LogP contribution in [0, 0.1) is 19.7 Å². The van der Waals surface area contributed by atoms with Crippen molar-refractivity contribution in [2.45, 2.75) is 33.8 Å². The number of halogens is 1.